The van der Waals surface area contributed by atoms with Crippen molar-refractivity contribution in [2.75, 3.05) is 4.72 Å². The van der Waals surface area contributed by atoms with Crippen molar-refractivity contribution in [3.63, 3.8) is 0 Å². The molecule has 0 fully saturated rings. The van der Waals surface area contributed by atoms with E-state index in [0.29, 0.717) is 12.2 Å². The molecule has 0 amide bonds. The van der Waals surface area contributed by atoms with Crippen LogP contribution in [-0.2, 0) is 24.2 Å². The van der Waals surface area contributed by atoms with Crippen molar-refractivity contribution in [1.82, 2.24) is 14.5 Å². The third-order valence-corrected chi connectivity index (χ3v) is 5.34. The summed E-state index contributed by atoms with van der Waals surface area (Å²) in [7, 11) is 0. The fraction of sp³-hybridized carbons (Fsp3) is 0.182. The highest BCUT2D eigenvalue weighted by Gasteiger charge is 2.13. The average molecular weight is 406 g/mol. The van der Waals surface area contributed by atoms with E-state index in [4.69, 9.17) is 4.98 Å². The Kier molecular flexibility index (Phi) is 5.42. The van der Waals surface area contributed by atoms with Crippen molar-refractivity contribution < 1.29 is 8.76 Å². The summed E-state index contributed by atoms with van der Waals surface area (Å²) in [5.74, 6) is 1.01. The summed E-state index contributed by atoms with van der Waals surface area (Å²) in [5.41, 5.74) is 6.44. The number of pyridine rings is 1. The fourth-order valence-corrected chi connectivity index (χ4v) is 3.86. The summed E-state index contributed by atoms with van der Waals surface area (Å²) < 4.78 is 26.7. The second-order valence-electron chi connectivity index (χ2n) is 6.85. The quantitative estimate of drug-likeness (QED) is 0.487. The predicted molar refractivity (Wildman–Crippen MR) is 115 cm³/mol. The smallest absolute Gasteiger partial charge is 0.160 e. The van der Waals surface area contributed by atoms with Crippen molar-refractivity contribution >= 4 is 28.1 Å². The van der Waals surface area contributed by atoms with Crippen LogP contribution in [0.25, 0.3) is 22.3 Å². The molecule has 0 saturated carbocycles. The number of hydrogen-bond acceptors (Lipinski definition) is 4. The molecular formula is C22H21N4O2S-. The molecule has 0 radical (unpaired) electrons. The van der Waals surface area contributed by atoms with Crippen LogP contribution in [0.5, 0.6) is 0 Å². The molecule has 1 N–H and O–H groups in total. The van der Waals surface area contributed by atoms with Crippen LogP contribution in [-0.4, -0.2) is 23.3 Å². The number of aryl methyl sites for hydroxylation is 2. The number of benzene rings is 2. The topological polar surface area (TPSA) is 82.9 Å². The Morgan fingerprint density at radius 1 is 1.10 bits per heavy atom. The summed E-state index contributed by atoms with van der Waals surface area (Å²) in [6.07, 6.45) is 2.65. The first-order chi connectivity index (χ1) is 14.1. The van der Waals surface area contributed by atoms with Crippen LogP contribution in [0.15, 0.2) is 60.8 Å². The molecule has 2 aromatic heterocycles. The van der Waals surface area contributed by atoms with Gasteiger partial charge < -0.3 is 13.8 Å². The zero-order valence-corrected chi connectivity index (χ0v) is 17.1. The lowest BCUT2D eigenvalue weighted by Gasteiger charge is -2.14. The lowest BCUT2D eigenvalue weighted by Crippen LogP contribution is -2.05. The van der Waals surface area contributed by atoms with E-state index in [1.165, 1.54) is 0 Å². The number of aromatic nitrogens is 3. The van der Waals surface area contributed by atoms with E-state index in [1.54, 1.807) is 12.1 Å². The first kappa shape index (κ1) is 19.3. The van der Waals surface area contributed by atoms with E-state index in [0.717, 1.165) is 45.7 Å². The van der Waals surface area contributed by atoms with Gasteiger partial charge in [-0.25, -0.2) is 9.97 Å². The van der Waals surface area contributed by atoms with Crippen LogP contribution in [0.1, 0.15) is 23.9 Å². The van der Waals surface area contributed by atoms with Crippen LogP contribution in [0.4, 0.5) is 5.69 Å². The number of rotatable bonds is 6. The monoisotopic (exact) mass is 405 g/mol. The van der Waals surface area contributed by atoms with Crippen molar-refractivity contribution in [3.05, 3.63) is 77.7 Å². The van der Waals surface area contributed by atoms with Crippen molar-refractivity contribution in [3.8, 4) is 11.1 Å². The molecular weight excluding hydrogens is 384 g/mol. The maximum atomic E-state index is 11.0. The Bertz CT molecular complexity index is 1190. The minimum absolute atomic E-state index is 0.558. The predicted octanol–water partition coefficient (Wildman–Crippen LogP) is 4.22. The number of hydrogen-bond donors (Lipinski definition) is 1. The standard InChI is InChI=1S/C22H22N4O2S/c1-3-20-24-21-15(2)12-13-23-22(21)26(20)14-16-8-10-17(11-9-16)18-6-4-5-7-19(18)25-29(27)28/h4-13,25H,3,14H2,1-2H3,(H,27,28)/p-1. The van der Waals surface area contributed by atoms with Gasteiger partial charge in [-0.3, -0.25) is 4.21 Å². The van der Waals surface area contributed by atoms with E-state index in [2.05, 4.69) is 40.3 Å². The highest BCUT2D eigenvalue weighted by Crippen LogP contribution is 2.28. The normalized spacial score (nSPS) is 12.2. The van der Waals surface area contributed by atoms with Crippen molar-refractivity contribution in [2.24, 2.45) is 0 Å². The lowest BCUT2D eigenvalue weighted by atomic mass is 10.0. The highest BCUT2D eigenvalue weighted by atomic mass is 32.2. The maximum Gasteiger partial charge on any atom is 0.160 e. The molecule has 1 atom stereocenters. The van der Waals surface area contributed by atoms with Gasteiger partial charge in [-0.05, 0) is 35.7 Å². The van der Waals surface area contributed by atoms with Gasteiger partial charge in [0.2, 0.25) is 0 Å². The number of nitrogens with one attached hydrogen (secondary N) is 1. The number of fused-ring (bicyclic) bond motifs is 1. The number of imidazole rings is 1. The molecule has 6 nitrogen and oxygen atoms in total. The molecule has 4 aromatic rings. The SMILES string of the molecule is CCc1nc2c(C)ccnc2n1Cc1ccc(-c2ccccc2NS(=O)[O-])cc1. The molecule has 0 aliphatic heterocycles. The van der Waals surface area contributed by atoms with Gasteiger partial charge in [-0.15, -0.1) is 0 Å². The Morgan fingerprint density at radius 2 is 1.86 bits per heavy atom. The van der Waals surface area contributed by atoms with E-state index >= 15 is 0 Å². The molecule has 0 aliphatic rings. The summed E-state index contributed by atoms with van der Waals surface area (Å²) in [5, 5.41) is 0. The van der Waals surface area contributed by atoms with Crippen LogP contribution < -0.4 is 4.72 Å². The summed E-state index contributed by atoms with van der Waals surface area (Å²) in [6.45, 7) is 4.83. The van der Waals surface area contributed by atoms with Gasteiger partial charge in [0, 0.05) is 29.4 Å². The van der Waals surface area contributed by atoms with Crippen molar-refractivity contribution in [2.45, 2.75) is 26.8 Å². The molecule has 29 heavy (non-hydrogen) atoms. The molecule has 2 heterocycles. The molecule has 148 valence electrons. The molecule has 7 heteroatoms. The summed E-state index contributed by atoms with van der Waals surface area (Å²) >= 11 is -2.36. The van der Waals surface area contributed by atoms with Gasteiger partial charge in [0.1, 0.15) is 11.3 Å². The Balaban J connectivity index is 1.66. The fourth-order valence-electron chi connectivity index (χ4n) is 3.51. The van der Waals surface area contributed by atoms with Gasteiger partial charge in [0.05, 0.1) is 12.2 Å². The average Bonchev–Trinajstić information content (AvgIpc) is 3.08. The largest absolute Gasteiger partial charge is 0.755 e. The zero-order chi connectivity index (χ0) is 20.4. The maximum absolute atomic E-state index is 11.0. The van der Waals surface area contributed by atoms with E-state index in [-0.39, 0.29) is 0 Å². The molecule has 0 saturated heterocycles. The molecule has 2 aromatic carbocycles. The van der Waals surface area contributed by atoms with Crippen molar-refractivity contribution in [1.29, 1.82) is 0 Å². The molecule has 1 unspecified atom stereocenters. The van der Waals surface area contributed by atoms with Crippen LogP contribution >= 0.6 is 0 Å². The minimum atomic E-state index is -2.36. The second kappa shape index (κ2) is 8.14. The zero-order valence-electron chi connectivity index (χ0n) is 16.3. The highest BCUT2D eigenvalue weighted by molar-refractivity contribution is 7.80. The first-order valence-electron chi connectivity index (χ1n) is 9.41. The number of para-hydroxylation sites is 1. The van der Waals surface area contributed by atoms with Crippen LogP contribution in [0.2, 0.25) is 0 Å². The van der Waals surface area contributed by atoms with Gasteiger partial charge in [-0.1, -0.05) is 49.4 Å². The third-order valence-electron chi connectivity index (χ3n) is 4.96. The van der Waals surface area contributed by atoms with Gasteiger partial charge in [0.25, 0.3) is 0 Å². The first-order valence-corrected chi connectivity index (χ1v) is 10.5. The Morgan fingerprint density at radius 3 is 2.59 bits per heavy atom. The Hall–Kier alpha value is -3.03. The third kappa shape index (κ3) is 3.92. The van der Waals surface area contributed by atoms with E-state index in [9.17, 15) is 8.76 Å². The summed E-state index contributed by atoms with van der Waals surface area (Å²) in [4.78, 5) is 9.31. The van der Waals surface area contributed by atoms with E-state index in [1.807, 2.05) is 36.5 Å². The van der Waals surface area contributed by atoms with Crippen LogP contribution in [0, 0.1) is 6.92 Å². The van der Waals surface area contributed by atoms with Gasteiger partial charge in [-0.2, -0.15) is 0 Å². The minimum Gasteiger partial charge on any atom is -0.755 e. The van der Waals surface area contributed by atoms with Gasteiger partial charge in [0.15, 0.2) is 5.65 Å². The Labute approximate surface area is 172 Å². The molecule has 0 bridgehead atoms. The van der Waals surface area contributed by atoms with E-state index < -0.39 is 11.3 Å². The second-order valence-corrected chi connectivity index (χ2v) is 7.52. The number of anilines is 1. The molecule has 0 spiro atoms. The van der Waals surface area contributed by atoms with Crippen LogP contribution in [0.3, 0.4) is 0 Å². The number of nitrogens with zero attached hydrogens (tertiary/aromatic N) is 3. The van der Waals surface area contributed by atoms with Gasteiger partial charge >= 0.3 is 0 Å². The summed E-state index contributed by atoms with van der Waals surface area (Å²) in [6, 6.07) is 17.4. The lowest BCUT2D eigenvalue weighted by molar-refractivity contribution is 0.542. The molecule has 4 rings (SSSR count). The molecule has 0 aliphatic carbocycles.